The third-order valence-electron chi connectivity index (χ3n) is 1.97. The van der Waals surface area contributed by atoms with Crippen LogP contribution in [-0.4, -0.2) is 17.8 Å². The molecule has 0 fully saturated rings. The quantitative estimate of drug-likeness (QED) is 0.782. The summed E-state index contributed by atoms with van der Waals surface area (Å²) >= 11 is 6.64. The van der Waals surface area contributed by atoms with Gasteiger partial charge in [-0.3, -0.25) is 0 Å². The average molecular weight is 341 g/mol. The Morgan fingerprint density at radius 3 is 2.80 bits per heavy atom. The van der Waals surface area contributed by atoms with Crippen LogP contribution in [0.3, 0.4) is 0 Å². The van der Waals surface area contributed by atoms with E-state index in [2.05, 4.69) is 37.2 Å². The molecule has 86 valence electrons. The van der Waals surface area contributed by atoms with Gasteiger partial charge in [0.25, 0.3) is 0 Å². The summed E-state index contributed by atoms with van der Waals surface area (Å²) in [6.07, 6.45) is 1.60. The van der Waals surface area contributed by atoms with E-state index in [0.29, 0.717) is 6.54 Å². The van der Waals surface area contributed by atoms with Crippen LogP contribution in [0.1, 0.15) is 25.5 Å². The van der Waals surface area contributed by atoms with Gasteiger partial charge < -0.3 is 14.8 Å². The molecule has 0 aliphatic carbocycles. The first-order chi connectivity index (χ1) is 7.09. The van der Waals surface area contributed by atoms with Gasteiger partial charge in [-0.25, -0.2) is 0 Å². The van der Waals surface area contributed by atoms with E-state index in [9.17, 15) is 0 Å². The van der Waals surface area contributed by atoms with Gasteiger partial charge in [0.1, 0.15) is 5.76 Å². The molecule has 2 N–H and O–H groups in total. The van der Waals surface area contributed by atoms with Gasteiger partial charge >= 0.3 is 0 Å². The van der Waals surface area contributed by atoms with Crippen LogP contribution >= 0.6 is 31.9 Å². The molecule has 0 aromatic carbocycles. The predicted molar refractivity (Wildman–Crippen MR) is 66.7 cm³/mol. The Kier molecular flexibility index (Phi) is 5.89. The van der Waals surface area contributed by atoms with E-state index in [-0.39, 0.29) is 6.10 Å². The fourth-order valence-corrected chi connectivity index (χ4v) is 1.87. The highest BCUT2D eigenvalue weighted by Crippen LogP contribution is 2.26. The van der Waals surface area contributed by atoms with Crippen molar-refractivity contribution < 1.29 is 9.52 Å². The predicted octanol–water partition coefficient (Wildman–Crippen LogP) is 3.06. The van der Waals surface area contributed by atoms with Crippen LogP contribution in [-0.2, 0) is 6.54 Å². The van der Waals surface area contributed by atoms with Gasteiger partial charge in [-0.1, -0.05) is 0 Å². The maximum atomic E-state index is 9.05. The maximum absolute atomic E-state index is 9.05. The number of nitrogens with one attached hydrogen (secondary N) is 1. The zero-order chi connectivity index (χ0) is 11.3. The molecule has 0 amide bonds. The summed E-state index contributed by atoms with van der Waals surface area (Å²) in [6.45, 7) is 3.41. The standard InChI is InChI=1S/C10H15Br2NO2/c1-7(14)3-2-4-13-6-8-5-9(11)10(12)15-8/h5,7,13-14H,2-4,6H2,1H3. The number of furan rings is 1. The molecule has 1 aromatic rings. The molecule has 0 aliphatic heterocycles. The van der Waals surface area contributed by atoms with Crippen molar-refractivity contribution >= 4 is 31.9 Å². The van der Waals surface area contributed by atoms with Crippen molar-refractivity contribution in [3.05, 3.63) is 21.0 Å². The van der Waals surface area contributed by atoms with Crippen molar-refractivity contribution in [2.24, 2.45) is 0 Å². The lowest BCUT2D eigenvalue weighted by Crippen LogP contribution is -2.15. The van der Waals surface area contributed by atoms with Gasteiger partial charge in [-0.15, -0.1) is 0 Å². The van der Waals surface area contributed by atoms with Crippen LogP contribution in [0.4, 0.5) is 0 Å². The van der Waals surface area contributed by atoms with Gasteiger partial charge in [-0.2, -0.15) is 0 Å². The molecule has 1 heterocycles. The van der Waals surface area contributed by atoms with Crippen molar-refractivity contribution in [1.82, 2.24) is 5.32 Å². The van der Waals surface area contributed by atoms with E-state index in [0.717, 1.165) is 34.3 Å². The molecule has 1 unspecified atom stereocenters. The smallest absolute Gasteiger partial charge is 0.183 e. The SMILES string of the molecule is CC(O)CCCNCc1cc(Br)c(Br)o1. The Morgan fingerprint density at radius 1 is 1.53 bits per heavy atom. The second-order valence-electron chi connectivity index (χ2n) is 3.50. The topological polar surface area (TPSA) is 45.4 Å². The van der Waals surface area contributed by atoms with E-state index in [1.807, 2.05) is 6.07 Å². The summed E-state index contributed by atoms with van der Waals surface area (Å²) in [5.74, 6) is 0.894. The van der Waals surface area contributed by atoms with Crippen molar-refractivity contribution in [3.8, 4) is 0 Å². The first kappa shape index (κ1) is 13.2. The Hall–Kier alpha value is 0.160. The third-order valence-corrected chi connectivity index (χ3v) is 3.68. The summed E-state index contributed by atoms with van der Waals surface area (Å²) in [5.41, 5.74) is 0. The van der Waals surface area contributed by atoms with Gasteiger partial charge in [0.15, 0.2) is 4.67 Å². The van der Waals surface area contributed by atoms with E-state index in [4.69, 9.17) is 9.52 Å². The molecular weight excluding hydrogens is 326 g/mol. The average Bonchev–Trinajstić information content (AvgIpc) is 2.45. The van der Waals surface area contributed by atoms with Crippen molar-refractivity contribution in [3.63, 3.8) is 0 Å². The third kappa shape index (κ3) is 5.15. The lowest BCUT2D eigenvalue weighted by molar-refractivity contribution is 0.181. The second-order valence-corrected chi connectivity index (χ2v) is 5.08. The van der Waals surface area contributed by atoms with E-state index in [1.165, 1.54) is 0 Å². The lowest BCUT2D eigenvalue weighted by atomic mass is 10.2. The zero-order valence-electron chi connectivity index (χ0n) is 8.59. The van der Waals surface area contributed by atoms with Crippen molar-refractivity contribution in [2.45, 2.75) is 32.4 Å². The Balaban J connectivity index is 2.15. The van der Waals surface area contributed by atoms with Gasteiger partial charge in [0.2, 0.25) is 0 Å². The summed E-state index contributed by atoms with van der Waals surface area (Å²) in [6, 6.07) is 1.94. The largest absolute Gasteiger partial charge is 0.452 e. The molecule has 0 saturated carbocycles. The number of aliphatic hydroxyl groups excluding tert-OH is 1. The fraction of sp³-hybridized carbons (Fsp3) is 0.600. The van der Waals surface area contributed by atoms with Crippen molar-refractivity contribution in [1.29, 1.82) is 0 Å². The van der Waals surface area contributed by atoms with Gasteiger partial charge in [0, 0.05) is 0 Å². The maximum Gasteiger partial charge on any atom is 0.183 e. The second kappa shape index (κ2) is 6.68. The summed E-state index contributed by atoms with van der Waals surface area (Å²) in [4.78, 5) is 0. The highest BCUT2D eigenvalue weighted by atomic mass is 79.9. The number of rotatable bonds is 6. The minimum absolute atomic E-state index is 0.210. The molecule has 0 aliphatic rings. The first-order valence-corrected chi connectivity index (χ1v) is 6.50. The molecule has 5 heteroatoms. The number of hydrogen-bond donors (Lipinski definition) is 2. The van der Waals surface area contributed by atoms with Crippen LogP contribution in [0, 0.1) is 0 Å². The Labute approximate surface area is 106 Å². The number of hydrogen-bond acceptors (Lipinski definition) is 3. The summed E-state index contributed by atoms with van der Waals surface area (Å²) in [7, 11) is 0. The minimum atomic E-state index is -0.210. The first-order valence-electron chi connectivity index (χ1n) is 4.92. The normalized spacial score (nSPS) is 13.1. The molecule has 0 radical (unpaired) electrons. The van der Waals surface area contributed by atoms with Gasteiger partial charge in [0.05, 0.1) is 17.1 Å². The molecule has 1 atom stereocenters. The molecule has 0 saturated heterocycles. The molecule has 1 rings (SSSR count). The Morgan fingerprint density at radius 2 is 2.27 bits per heavy atom. The molecule has 1 aromatic heterocycles. The summed E-state index contributed by atoms with van der Waals surface area (Å²) in [5, 5.41) is 12.3. The van der Waals surface area contributed by atoms with Crippen LogP contribution < -0.4 is 5.32 Å². The van der Waals surface area contributed by atoms with Gasteiger partial charge in [-0.05, 0) is 64.2 Å². The molecule has 15 heavy (non-hydrogen) atoms. The molecular formula is C10H15Br2NO2. The lowest BCUT2D eigenvalue weighted by Gasteiger charge is -2.04. The minimum Gasteiger partial charge on any atom is -0.452 e. The highest BCUT2D eigenvalue weighted by Gasteiger charge is 2.05. The van der Waals surface area contributed by atoms with Crippen LogP contribution in [0.15, 0.2) is 19.6 Å². The van der Waals surface area contributed by atoms with Crippen LogP contribution in [0.2, 0.25) is 0 Å². The van der Waals surface area contributed by atoms with E-state index >= 15 is 0 Å². The van der Waals surface area contributed by atoms with Crippen LogP contribution in [0.25, 0.3) is 0 Å². The zero-order valence-corrected chi connectivity index (χ0v) is 11.8. The molecule has 0 bridgehead atoms. The fourth-order valence-electron chi connectivity index (χ4n) is 1.21. The van der Waals surface area contributed by atoms with E-state index in [1.54, 1.807) is 6.92 Å². The molecule has 0 spiro atoms. The van der Waals surface area contributed by atoms with Crippen LogP contribution in [0.5, 0.6) is 0 Å². The Bertz CT molecular complexity index is 280. The highest BCUT2D eigenvalue weighted by molar-refractivity contribution is 9.13. The number of aliphatic hydroxyl groups is 1. The van der Waals surface area contributed by atoms with E-state index < -0.39 is 0 Å². The number of halogens is 2. The summed E-state index contributed by atoms with van der Waals surface area (Å²) < 4.78 is 7.06. The monoisotopic (exact) mass is 339 g/mol. The molecule has 3 nitrogen and oxygen atoms in total. The van der Waals surface area contributed by atoms with Crippen molar-refractivity contribution in [2.75, 3.05) is 6.54 Å².